The molecule has 1 heterocycles. The van der Waals surface area contributed by atoms with E-state index in [4.69, 9.17) is 5.73 Å². The quantitative estimate of drug-likeness (QED) is 0.883. The van der Waals surface area contributed by atoms with E-state index in [0.29, 0.717) is 0 Å². The molecule has 0 radical (unpaired) electrons. The number of nitrogens with zero attached hydrogens (tertiary/aromatic N) is 1. The number of thiazole rings is 1. The van der Waals surface area contributed by atoms with E-state index in [9.17, 15) is 0 Å². The summed E-state index contributed by atoms with van der Waals surface area (Å²) in [6.45, 7) is 2.07. The smallest absolute Gasteiger partial charge is 0.0907 e. The fourth-order valence-corrected chi connectivity index (χ4v) is 2.99. The molecule has 1 aromatic heterocycles. The second-order valence-corrected chi connectivity index (χ2v) is 6.09. The van der Waals surface area contributed by atoms with E-state index < -0.39 is 0 Å². The fourth-order valence-electron chi connectivity index (χ4n) is 2.11. The van der Waals surface area contributed by atoms with E-state index in [1.807, 2.05) is 0 Å². The number of benzene rings is 1. The molecule has 0 unspecified atom stereocenters. The summed E-state index contributed by atoms with van der Waals surface area (Å²) in [5.74, 6) is 0. The maximum absolute atomic E-state index is 6.13. The highest BCUT2D eigenvalue weighted by Crippen LogP contribution is 2.37. The van der Waals surface area contributed by atoms with Gasteiger partial charge in [0.25, 0.3) is 0 Å². The second-order valence-electron chi connectivity index (χ2n) is 4.86. The molecule has 0 spiro atoms. The van der Waals surface area contributed by atoms with Gasteiger partial charge in [-0.2, -0.15) is 0 Å². The number of aryl methyl sites for hydroxylation is 2. The van der Waals surface area contributed by atoms with Gasteiger partial charge >= 0.3 is 0 Å². The van der Waals surface area contributed by atoms with Gasteiger partial charge in [0.2, 0.25) is 0 Å². The number of hydrogen-bond donors (Lipinski definition) is 1. The number of para-hydroxylation sites is 1. The van der Waals surface area contributed by atoms with Crippen molar-refractivity contribution in [1.29, 1.82) is 0 Å². The minimum atomic E-state index is 0.146. The van der Waals surface area contributed by atoms with Crippen molar-refractivity contribution >= 4 is 21.6 Å². The van der Waals surface area contributed by atoms with Crippen LogP contribution in [0, 0.1) is 6.92 Å². The van der Waals surface area contributed by atoms with Crippen LogP contribution in [-0.4, -0.2) is 10.5 Å². The zero-order chi connectivity index (χ0) is 11.2. The van der Waals surface area contributed by atoms with Crippen LogP contribution in [0.25, 0.3) is 10.2 Å². The van der Waals surface area contributed by atoms with E-state index in [1.165, 1.54) is 28.6 Å². The van der Waals surface area contributed by atoms with Gasteiger partial charge in [-0.05, 0) is 44.2 Å². The lowest BCUT2D eigenvalue weighted by atomic mass is 10.0. The zero-order valence-corrected chi connectivity index (χ0v) is 10.3. The Kier molecular flexibility index (Phi) is 2.26. The summed E-state index contributed by atoms with van der Waals surface area (Å²) in [6.07, 6.45) is 4.55. The van der Waals surface area contributed by atoms with E-state index >= 15 is 0 Å². The van der Waals surface area contributed by atoms with E-state index in [-0.39, 0.29) is 5.54 Å². The minimum absolute atomic E-state index is 0.146. The molecule has 0 bridgehead atoms. The number of nitrogens with two attached hydrogens (primary N) is 1. The van der Waals surface area contributed by atoms with Crippen LogP contribution in [0.1, 0.15) is 29.8 Å². The molecule has 2 aromatic rings. The highest BCUT2D eigenvalue weighted by molar-refractivity contribution is 7.18. The van der Waals surface area contributed by atoms with Crippen molar-refractivity contribution in [1.82, 2.24) is 4.98 Å². The Morgan fingerprint density at radius 1 is 1.44 bits per heavy atom. The third-order valence-corrected chi connectivity index (χ3v) is 4.33. The standard InChI is InChI=1S/C13H16N2S/c1-9-15-12-10(3-2-4-11(12)16-9)5-6-13(14)7-8-13/h2-4H,5-8,14H2,1H3. The van der Waals surface area contributed by atoms with Gasteiger partial charge < -0.3 is 5.73 Å². The first kappa shape index (κ1) is 10.2. The molecule has 0 atom stereocenters. The molecule has 1 fully saturated rings. The lowest BCUT2D eigenvalue weighted by molar-refractivity contribution is 0.610. The number of hydrogen-bond acceptors (Lipinski definition) is 3. The van der Waals surface area contributed by atoms with Crippen LogP contribution in [0.4, 0.5) is 0 Å². The summed E-state index contributed by atoms with van der Waals surface area (Å²) >= 11 is 1.77. The zero-order valence-electron chi connectivity index (χ0n) is 9.49. The number of rotatable bonds is 3. The Bertz CT molecular complexity index is 526. The first-order chi connectivity index (χ1) is 7.66. The van der Waals surface area contributed by atoms with Crippen LogP contribution >= 0.6 is 11.3 Å². The number of fused-ring (bicyclic) bond motifs is 1. The Balaban J connectivity index is 1.90. The molecule has 3 rings (SSSR count). The predicted octanol–water partition coefficient (Wildman–Crippen LogP) is 3.03. The van der Waals surface area contributed by atoms with Crippen LogP contribution in [0.2, 0.25) is 0 Å². The molecule has 1 aliphatic rings. The third-order valence-electron chi connectivity index (χ3n) is 3.39. The van der Waals surface area contributed by atoms with Crippen molar-refractivity contribution in [2.24, 2.45) is 5.73 Å². The van der Waals surface area contributed by atoms with Gasteiger partial charge in [0.1, 0.15) is 0 Å². The van der Waals surface area contributed by atoms with Gasteiger partial charge in [-0.1, -0.05) is 12.1 Å². The molecule has 2 N–H and O–H groups in total. The van der Waals surface area contributed by atoms with E-state index in [1.54, 1.807) is 11.3 Å². The Morgan fingerprint density at radius 2 is 2.25 bits per heavy atom. The summed E-state index contributed by atoms with van der Waals surface area (Å²) in [4.78, 5) is 4.61. The third kappa shape index (κ3) is 1.85. The van der Waals surface area contributed by atoms with Gasteiger partial charge in [-0.3, -0.25) is 0 Å². The molecule has 1 aliphatic carbocycles. The van der Waals surface area contributed by atoms with E-state index in [2.05, 4.69) is 30.1 Å². The maximum Gasteiger partial charge on any atom is 0.0907 e. The summed E-state index contributed by atoms with van der Waals surface area (Å²) in [6, 6.07) is 6.47. The topological polar surface area (TPSA) is 38.9 Å². The molecule has 3 heteroatoms. The van der Waals surface area contributed by atoms with Crippen molar-refractivity contribution in [3.8, 4) is 0 Å². The molecule has 16 heavy (non-hydrogen) atoms. The van der Waals surface area contributed by atoms with Crippen LogP contribution in [0.5, 0.6) is 0 Å². The molecule has 0 aliphatic heterocycles. The molecular formula is C13H16N2S. The largest absolute Gasteiger partial charge is 0.325 e. The highest BCUT2D eigenvalue weighted by Gasteiger charge is 2.37. The van der Waals surface area contributed by atoms with Gasteiger partial charge in [0.15, 0.2) is 0 Å². The summed E-state index contributed by atoms with van der Waals surface area (Å²) in [5, 5.41) is 1.15. The molecule has 84 valence electrons. The molecule has 0 saturated heterocycles. The highest BCUT2D eigenvalue weighted by atomic mass is 32.1. The molecule has 0 amide bonds. The monoisotopic (exact) mass is 232 g/mol. The summed E-state index contributed by atoms with van der Waals surface area (Å²) < 4.78 is 1.30. The molecule has 1 saturated carbocycles. The van der Waals surface area contributed by atoms with Crippen LogP contribution < -0.4 is 5.73 Å². The van der Waals surface area contributed by atoms with Crippen LogP contribution in [0.15, 0.2) is 18.2 Å². The number of aromatic nitrogens is 1. The Labute approximate surface area is 99.5 Å². The van der Waals surface area contributed by atoms with Crippen molar-refractivity contribution in [2.75, 3.05) is 0 Å². The summed E-state index contributed by atoms with van der Waals surface area (Å²) in [5.41, 5.74) is 8.82. The van der Waals surface area contributed by atoms with E-state index in [0.717, 1.165) is 17.8 Å². The first-order valence-corrected chi connectivity index (χ1v) is 6.62. The van der Waals surface area contributed by atoms with Gasteiger partial charge in [-0.15, -0.1) is 11.3 Å². The fraction of sp³-hybridized carbons (Fsp3) is 0.462. The SMILES string of the molecule is Cc1nc2c(CCC3(N)CC3)cccc2s1. The second kappa shape index (κ2) is 3.54. The minimum Gasteiger partial charge on any atom is -0.325 e. The molecular weight excluding hydrogens is 216 g/mol. The van der Waals surface area contributed by atoms with Crippen LogP contribution in [0.3, 0.4) is 0 Å². The Hall–Kier alpha value is -0.930. The van der Waals surface area contributed by atoms with Crippen molar-refractivity contribution in [2.45, 2.75) is 38.1 Å². The lowest BCUT2D eigenvalue weighted by Gasteiger charge is -2.08. The van der Waals surface area contributed by atoms with Crippen molar-refractivity contribution < 1.29 is 0 Å². The van der Waals surface area contributed by atoms with Gasteiger partial charge in [-0.25, -0.2) is 4.98 Å². The molecule has 1 aromatic carbocycles. The maximum atomic E-state index is 6.13. The summed E-state index contributed by atoms with van der Waals surface area (Å²) in [7, 11) is 0. The normalized spacial score (nSPS) is 17.9. The average molecular weight is 232 g/mol. The van der Waals surface area contributed by atoms with Crippen molar-refractivity contribution in [3.05, 3.63) is 28.8 Å². The predicted molar refractivity (Wildman–Crippen MR) is 68.8 cm³/mol. The van der Waals surface area contributed by atoms with Gasteiger partial charge in [0, 0.05) is 5.54 Å². The molecule has 2 nitrogen and oxygen atoms in total. The Morgan fingerprint density at radius 3 is 3.00 bits per heavy atom. The lowest BCUT2D eigenvalue weighted by Crippen LogP contribution is -2.22. The van der Waals surface area contributed by atoms with Crippen LogP contribution in [-0.2, 0) is 6.42 Å². The van der Waals surface area contributed by atoms with Crippen molar-refractivity contribution in [3.63, 3.8) is 0 Å². The van der Waals surface area contributed by atoms with Gasteiger partial charge in [0.05, 0.1) is 15.2 Å². The average Bonchev–Trinajstić information content (AvgIpc) is 2.86. The first-order valence-electron chi connectivity index (χ1n) is 5.80.